The number of ether oxygens (including phenoxy) is 1. The molecule has 1 aromatic carbocycles. The number of thiazole rings is 1. The lowest BCUT2D eigenvalue weighted by molar-refractivity contribution is 0.0601. The number of terminal acetylenes is 1. The molecule has 1 amide bonds. The number of nitrogens with zero attached hydrogens (tertiary/aromatic N) is 3. The Morgan fingerprint density at radius 3 is 2.96 bits per heavy atom. The molecule has 3 rings (SSSR count). The van der Waals surface area contributed by atoms with Crippen LogP contribution in [0.15, 0.2) is 40.0 Å². The van der Waals surface area contributed by atoms with Crippen molar-refractivity contribution in [2.75, 3.05) is 7.11 Å². The van der Waals surface area contributed by atoms with Gasteiger partial charge in [-0.1, -0.05) is 22.4 Å². The van der Waals surface area contributed by atoms with Crippen molar-refractivity contribution in [2.24, 2.45) is 4.99 Å². The summed E-state index contributed by atoms with van der Waals surface area (Å²) in [4.78, 5) is 28.2. The molecule has 0 saturated carbocycles. The molecule has 0 radical (unpaired) electrons. The zero-order valence-corrected chi connectivity index (χ0v) is 13.4. The van der Waals surface area contributed by atoms with Crippen molar-refractivity contribution < 1.29 is 18.8 Å². The van der Waals surface area contributed by atoms with Gasteiger partial charge in [-0.25, -0.2) is 4.79 Å². The van der Waals surface area contributed by atoms with Crippen molar-refractivity contribution in [3.05, 3.63) is 46.6 Å². The number of amides is 1. The Morgan fingerprint density at radius 2 is 2.29 bits per heavy atom. The lowest BCUT2D eigenvalue weighted by Gasteiger charge is -2.01. The molecule has 7 nitrogen and oxygen atoms in total. The van der Waals surface area contributed by atoms with Gasteiger partial charge in [0.1, 0.15) is 0 Å². The molecule has 0 aliphatic rings. The summed E-state index contributed by atoms with van der Waals surface area (Å²) in [5.41, 5.74) is 1.18. The molecule has 24 heavy (non-hydrogen) atoms. The number of fused-ring (bicyclic) bond motifs is 1. The Labute approximate surface area is 140 Å². The van der Waals surface area contributed by atoms with Crippen LogP contribution in [0.5, 0.6) is 0 Å². The Hall–Kier alpha value is -3.18. The number of carbonyl (C=O) groups is 2. The molecule has 0 fully saturated rings. The second-order valence-corrected chi connectivity index (χ2v) is 5.65. The van der Waals surface area contributed by atoms with Crippen LogP contribution in [0.1, 0.15) is 20.9 Å². The summed E-state index contributed by atoms with van der Waals surface area (Å²) in [6, 6.07) is 6.49. The lowest BCUT2D eigenvalue weighted by Crippen LogP contribution is -2.16. The first kappa shape index (κ1) is 15.7. The number of carbonyl (C=O) groups excluding carboxylic acids is 2. The van der Waals surface area contributed by atoms with Crippen LogP contribution in [0, 0.1) is 12.3 Å². The second kappa shape index (κ2) is 6.52. The van der Waals surface area contributed by atoms with E-state index in [0.29, 0.717) is 10.4 Å². The summed E-state index contributed by atoms with van der Waals surface area (Å²) in [7, 11) is 1.32. The highest BCUT2D eigenvalue weighted by atomic mass is 32.1. The highest BCUT2D eigenvalue weighted by molar-refractivity contribution is 7.16. The van der Waals surface area contributed by atoms with Crippen LogP contribution in [0.3, 0.4) is 0 Å². The molecule has 0 atom stereocenters. The standard InChI is InChI=1S/C16H11N3O4S/c1-3-8-19-11-5-4-10(15(21)22-2)9-13(11)24-16(19)18-14(20)12-6-7-17-23-12/h1,4-7,9H,8H2,2H3. The highest BCUT2D eigenvalue weighted by Crippen LogP contribution is 2.20. The molecule has 3 aromatic rings. The number of methoxy groups -OCH3 is 1. The van der Waals surface area contributed by atoms with Crippen molar-refractivity contribution >= 4 is 33.4 Å². The van der Waals surface area contributed by atoms with Crippen molar-refractivity contribution in [3.63, 3.8) is 0 Å². The minimum Gasteiger partial charge on any atom is -0.465 e. The number of esters is 1. The molecule has 0 N–H and O–H groups in total. The fourth-order valence-corrected chi connectivity index (χ4v) is 3.18. The summed E-state index contributed by atoms with van der Waals surface area (Å²) in [6.07, 6.45) is 6.78. The van der Waals surface area contributed by atoms with Gasteiger partial charge in [-0.15, -0.1) is 6.42 Å². The molecular formula is C16H11N3O4S. The van der Waals surface area contributed by atoms with Crippen molar-refractivity contribution in [2.45, 2.75) is 6.54 Å². The van der Waals surface area contributed by atoms with Gasteiger partial charge < -0.3 is 13.8 Å². The fraction of sp³-hybridized carbons (Fsp3) is 0.125. The monoisotopic (exact) mass is 341 g/mol. The van der Waals surface area contributed by atoms with E-state index in [4.69, 9.17) is 15.7 Å². The maximum absolute atomic E-state index is 12.1. The van der Waals surface area contributed by atoms with E-state index in [1.807, 2.05) is 0 Å². The third-order valence-electron chi connectivity index (χ3n) is 3.20. The zero-order chi connectivity index (χ0) is 17.1. The van der Waals surface area contributed by atoms with Crippen LogP contribution in [-0.2, 0) is 11.3 Å². The minimum atomic E-state index is -0.557. The lowest BCUT2D eigenvalue weighted by atomic mass is 10.2. The van der Waals surface area contributed by atoms with E-state index in [9.17, 15) is 9.59 Å². The Morgan fingerprint density at radius 1 is 1.46 bits per heavy atom. The van der Waals surface area contributed by atoms with Crippen LogP contribution >= 0.6 is 11.3 Å². The van der Waals surface area contributed by atoms with Gasteiger partial charge >= 0.3 is 11.9 Å². The van der Waals surface area contributed by atoms with E-state index >= 15 is 0 Å². The summed E-state index contributed by atoms with van der Waals surface area (Å²) in [6.45, 7) is 0.236. The largest absolute Gasteiger partial charge is 0.465 e. The number of hydrogen-bond donors (Lipinski definition) is 0. The molecule has 0 aliphatic carbocycles. The average molecular weight is 341 g/mol. The van der Waals surface area contributed by atoms with Crippen LogP contribution in [0.4, 0.5) is 0 Å². The second-order valence-electron chi connectivity index (χ2n) is 4.64. The summed E-state index contributed by atoms with van der Waals surface area (Å²) in [5.74, 6) is 1.57. The molecular weight excluding hydrogens is 330 g/mol. The third kappa shape index (κ3) is 2.85. The van der Waals surface area contributed by atoms with Crippen molar-refractivity contribution in [1.29, 1.82) is 0 Å². The van der Waals surface area contributed by atoms with Gasteiger partial charge in [0, 0.05) is 6.07 Å². The summed E-state index contributed by atoms with van der Waals surface area (Å²) >= 11 is 1.24. The van der Waals surface area contributed by atoms with Crippen LogP contribution in [-0.4, -0.2) is 28.7 Å². The number of rotatable bonds is 3. The van der Waals surface area contributed by atoms with Gasteiger partial charge in [-0.2, -0.15) is 4.99 Å². The number of aromatic nitrogens is 2. The van der Waals surface area contributed by atoms with Gasteiger partial charge in [-0.05, 0) is 18.2 Å². The quantitative estimate of drug-likeness (QED) is 0.536. The van der Waals surface area contributed by atoms with E-state index in [1.165, 1.54) is 30.7 Å². The van der Waals surface area contributed by atoms with Crippen molar-refractivity contribution in [3.8, 4) is 12.3 Å². The number of benzene rings is 1. The van der Waals surface area contributed by atoms with Gasteiger partial charge in [0.2, 0.25) is 5.76 Å². The molecule has 2 aromatic heterocycles. The van der Waals surface area contributed by atoms with Crippen molar-refractivity contribution in [1.82, 2.24) is 9.72 Å². The van der Waals surface area contributed by atoms with Gasteiger partial charge in [0.15, 0.2) is 4.80 Å². The first-order valence-electron chi connectivity index (χ1n) is 6.79. The number of hydrogen-bond acceptors (Lipinski definition) is 6. The molecule has 0 spiro atoms. The molecule has 0 saturated heterocycles. The highest BCUT2D eigenvalue weighted by Gasteiger charge is 2.13. The molecule has 0 bridgehead atoms. The first-order valence-corrected chi connectivity index (χ1v) is 7.60. The van der Waals surface area contributed by atoms with Crippen LogP contribution < -0.4 is 4.80 Å². The fourth-order valence-electron chi connectivity index (χ4n) is 2.12. The average Bonchev–Trinajstić information content (AvgIpc) is 3.23. The third-order valence-corrected chi connectivity index (χ3v) is 4.24. The minimum absolute atomic E-state index is 0.0370. The SMILES string of the molecule is C#CCn1c(=NC(=O)c2ccno2)sc2cc(C(=O)OC)ccc21. The predicted molar refractivity (Wildman–Crippen MR) is 86.4 cm³/mol. The van der Waals surface area contributed by atoms with E-state index in [0.717, 1.165) is 10.2 Å². The normalized spacial score (nSPS) is 11.4. The Balaban J connectivity index is 2.16. The van der Waals surface area contributed by atoms with Crippen LogP contribution in [0.2, 0.25) is 0 Å². The predicted octanol–water partition coefficient (Wildman–Crippen LogP) is 1.85. The topological polar surface area (TPSA) is 86.7 Å². The summed E-state index contributed by atoms with van der Waals surface area (Å²) < 4.78 is 12.0. The van der Waals surface area contributed by atoms with Gasteiger partial charge in [0.25, 0.3) is 0 Å². The Kier molecular flexibility index (Phi) is 4.26. The molecule has 0 aliphatic heterocycles. The first-order chi connectivity index (χ1) is 11.6. The molecule has 0 unspecified atom stereocenters. The molecule has 120 valence electrons. The maximum Gasteiger partial charge on any atom is 0.337 e. The van der Waals surface area contributed by atoms with E-state index < -0.39 is 11.9 Å². The van der Waals surface area contributed by atoms with Crippen LogP contribution in [0.25, 0.3) is 10.2 Å². The van der Waals surface area contributed by atoms with E-state index in [2.05, 4.69) is 16.1 Å². The van der Waals surface area contributed by atoms with Gasteiger partial charge in [0.05, 0.1) is 35.6 Å². The van der Waals surface area contributed by atoms with E-state index in [1.54, 1.807) is 22.8 Å². The van der Waals surface area contributed by atoms with Gasteiger partial charge in [-0.3, -0.25) is 4.79 Å². The smallest absolute Gasteiger partial charge is 0.337 e. The summed E-state index contributed by atoms with van der Waals surface area (Å²) in [5, 5.41) is 3.48. The Bertz CT molecular complexity index is 1020. The van der Waals surface area contributed by atoms with E-state index in [-0.39, 0.29) is 12.3 Å². The molecule has 2 heterocycles. The molecule has 8 heteroatoms. The maximum atomic E-state index is 12.1. The zero-order valence-electron chi connectivity index (χ0n) is 12.6.